The van der Waals surface area contributed by atoms with Gasteiger partial charge in [0.1, 0.15) is 0 Å². The van der Waals surface area contributed by atoms with Crippen LogP contribution in [0.4, 0.5) is 0 Å². The third kappa shape index (κ3) is 2.75. The molecule has 3 nitrogen and oxygen atoms in total. The van der Waals surface area contributed by atoms with Crippen LogP contribution in [0.25, 0.3) is 22.2 Å². The topological polar surface area (TPSA) is 41.6 Å². The Hall–Kier alpha value is -3.09. The summed E-state index contributed by atoms with van der Waals surface area (Å²) in [5.41, 5.74) is 6.09. The Bertz CT molecular complexity index is 1140. The summed E-state index contributed by atoms with van der Waals surface area (Å²) in [7, 11) is 0. The van der Waals surface area contributed by atoms with Gasteiger partial charge in [-0.2, -0.15) is 5.26 Å². The Balaban J connectivity index is 1.99. The zero-order valence-electron chi connectivity index (χ0n) is 14.3. The van der Waals surface area contributed by atoms with E-state index in [9.17, 15) is 5.26 Å². The van der Waals surface area contributed by atoms with Crippen molar-refractivity contribution in [3.63, 3.8) is 0 Å². The second-order valence-corrected chi connectivity index (χ2v) is 6.67. The fourth-order valence-corrected chi connectivity index (χ4v) is 3.64. The van der Waals surface area contributed by atoms with E-state index in [4.69, 9.17) is 11.6 Å². The van der Waals surface area contributed by atoms with Crippen LogP contribution in [0.1, 0.15) is 16.7 Å². The van der Waals surface area contributed by atoms with Crippen molar-refractivity contribution in [2.75, 3.05) is 0 Å². The molecule has 0 saturated carbocycles. The lowest BCUT2D eigenvalue weighted by molar-refractivity contribution is 0.839. The van der Waals surface area contributed by atoms with Crippen LogP contribution in [0.15, 0.2) is 67.0 Å². The third-order valence-corrected chi connectivity index (χ3v) is 4.91. The Morgan fingerprint density at radius 3 is 2.73 bits per heavy atom. The van der Waals surface area contributed by atoms with Gasteiger partial charge in [-0.25, -0.2) is 0 Å². The predicted molar refractivity (Wildman–Crippen MR) is 105 cm³/mol. The minimum atomic E-state index is 0.611. The number of nitriles is 1. The lowest BCUT2D eigenvalue weighted by Crippen LogP contribution is -2.04. The Labute approximate surface area is 157 Å². The molecule has 2 aromatic heterocycles. The van der Waals surface area contributed by atoms with Crippen molar-refractivity contribution in [3.8, 4) is 17.3 Å². The van der Waals surface area contributed by atoms with Crippen molar-refractivity contribution in [2.24, 2.45) is 0 Å². The Kier molecular flexibility index (Phi) is 4.20. The van der Waals surface area contributed by atoms with Gasteiger partial charge in [0.15, 0.2) is 0 Å². The number of hydrogen-bond acceptors (Lipinski definition) is 2. The Morgan fingerprint density at radius 2 is 1.96 bits per heavy atom. The van der Waals surface area contributed by atoms with Crippen molar-refractivity contribution >= 4 is 22.5 Å². The van der Waals surface area contributed by atoms with Gasteiger partial charge in [0, 0.05) is 40.4 Å². The molecule has 0 saturated heterocycles. The highest BCUT2D eigenvalue weighted by molar-refractivity contribution is 6.31. The largest absolute Gasteiger partial charge is 0.336 e. The van der Waals surface area contributed by atoms with E-state index < -0.39 is 0 Å². The fourth-order valence-electron chi connectivity index (χ4n) is 3.47. The van der Waals surface area contributed by atoms with Crippen molar-refractivity contribution in [1.29, 1.82) is 5.26 Å². The van der Waals surface area contributed by atoms with Crippen LogP contribution in [-0.2, 0) is 6.54 Å². The van der Waals surface area contributed by atoms with E-state index in [2.05, 4.69) is 28.6 Å². The molecule has 4 aromatic rings. The first kappa shape index (κ1) is 16.4. The molecule has 4 heteroatoms. The van der Waals surface area contributed by atoms with Crippen LogP contribution in [0.5, 0.6) is 0 Å². The molecule has 2 aromatic carbocycles. The average Bonchev–Trinajstić information content (AvgIpc) is 2.94. The maximum absolute atomic E-state index is 9.45. The number of nitrogens with zero attached hydrogens (tertiary/aromatic N) is 3. The summed E-state index contributed by atoms with van der Waals surface area (Å²) < 4.78 is 2.24. The summed E-state index contributed by atoms with van der Waals surface area (Å²) in [6, 6.07) is 20.0. The second kappa shape index (κ2) is 6.67. The molecule has 0 aliphatic rings. The van der Waals surface area contributed by atoms with Crippen molar-refractivity contribution in [2.45, 2.75) is 13.5 Å². The summed E-state index contributed by atoms with van der Waals surface area (Å²) >= 11 is 6.24. The van der Waals surface area contributed by atoms with Crippen LogP contribution in [0.2, 0.25) is 5.02 Å². The van der Waals surface area contributed by atoms with Gasteiger partial charge in [-0.1, -0.05) is 29.8 Å². The molecule has 0 aliphatic carbocycles. The molecule has 0 bridgehead atoms. The highest BCUT2D eigenvalue weighted by atomic mass is 35.5. The van der Waals surface area contributed by atoms with Gasteiger partial charge >= 0.3 is 0 Å². The number of rotatable bonds is 3. The van der Waals surface area contributed by atoms with Crippen molar-refractivity contribution < 1.29 is 0 Å². The summed E-state index contributed by atoms with van der Waals surface area (Å²) in [6.45, 7) is 2.72. The monoisotopic (exact) mass is 357 g/mol. The first-order valence-corrected chi connectivity index (χ1v) is 8.73. The van der Waals surface area contributed by atoms with Crippen molar-refractivity contribution in [3.05, 3.63) is 88.7 Å². The molecule has 0 atom stereocenters. The molecule has 2 heterocycles. The molecule has 26 heavy (non-hydrogen) atoms. The van der Waals surface area contributed by atoms with Gasteiger partial charge in [-0.3, -0.25) is 4.98 Å². The molecule has 126 valence electrons. The molecular weight excluding hydrogens is 342 g/mol. The van der Waals surface area contributed by atoms with E-state index in [0.29, 0.717) is 17.1 Å². The number of fused-ring (bicyclic) bond motifs is 1. The van der Waals surface area contributed by atoms with Crippen molar-refractivity contribution in [1.82, 2.24) is 9.55 Å². The third-order valence-electron chi connectivity index (χ3n) is 4.68. The minimum absolute atomic E-state index is 0.611. The maximum Gasteiger partial charge on any atom is 0.0995 e. The predicted octanol–water partition coefficient (Wildman–Crippen LogP) is 5.59. The van der Waals surface area contributed by atoms with Gasteiger partial charge in [0.2, 0.25) is 0 Å². The number of aromatic nitrogens is 2. The molecular formula is C22H16ClN3. The summed E-state index contributed by atoms with van der Waals surface area (Å²) in [4.78, 5) is 4.28. The highest BCUT2D eigenvalue weighted by Crippen LogP contribution is 2.35. The number of halogens is 1. The quantitative estimate of drug-likeness (QED) is 0.480. The van der Waals surface area contributed by atoms with Crippen LogP contribution in [0.3, 0.4) is 0 Å². The lowest BCUT2D eigenvalue weighted by atomic mass is 10.1. The van der Waals surface area contributed by atoms with Crippen LogP contribution >= 0.6 is 11.6 Å². The van der Waals surface area contributed by atoms with Crippen LogP contribution in [-0.4, -0.2) is 9.55 Å². The molecule has 4 rings (SSSR count). The average molecular weight is 358 g/mol. The second-order valence-electron chi connectivity index (χ2n) is 6.23. The highest BCUT2D eigenvalue weighted by Gasteiger charge is 2.17. The van der Waals surface area contributed by atoms with Gasteiger partial charge < -0.3 is 4.57 Å². The summed E-state index contributed by atoms with van der Waals surface area (Å²) in [6.07, 6.45) is 3.64. The van der Waals surface area contributed by atoms with Gasteiger partial charge in [-0.15, -0.1) is 0 Å². The van der Waals surface area contributed by atoms with Gasteiger partial charge in [0.25, 0.3) is 0 Å². The number of pyridine rings is 1. The summed E-state index contributed by atoms with van der Waals surface area (Å²) in [5, 5.41) is 11.3. The Morgan fingerprint density at radius 1 is 1.12 bits per heavy atom. The van der Waals surface area contributed by atoms with E-state index in [1.54, 1.807) is 6.20 Å². The molecule has 0 unspecified atom stereocenters. The smallest absolute Gasteiger partial charge is 0.0995 e. The molecule has 0 fully saturated rings. The zero-order chi connectivity index (χ0) is 18.1. The summed E-state index contributed by atoms with van der Waals surface area (Å²) in [5.74, 6) is 0. The van der Waals surface area contributed by atoms with Gasteiger partial charge in [-0.05, 0) is 54.4 Å². The maximum atomic E-state index is 9.45. The number of hydrogen-bond donors (Lipinski definition) is 0. The van der Waals surface area contributed by atoms with Gasteiger partial charge in [0.05, 0.1) is 17.3 Å². The van der Waals surface area contributed by atoms with E-state index in [1.165, 1.54) is 0 Å². The first-order valence-electron chi connectivity index (χ1n) is 8.36. The normalized spacial score (nSPS) is 10.8. The number of aryl methyl sites for hydroxylation is 1. The van der Waals surface area contributed by atoms with E-state index >= 15 is 0 Å². The van der Waals surface area contributed by atoms with E-state index in [0.717, 1.165) is 33.3 Å². The number of benzene rings is 2. The lowest BCUT2D eigenvalue weighted by Gasteiger charge is -2.13. The SMILES string of the molecule is Cc1c(-c2cccnc2)n(Cc2ccccc2C#N)c2ccc(Cl)cc12. The molecule has 0 spiro atoms. The molecule has 0 amide bonds. The van der Waals surface area contributed by atoms with E-state index in [-0.39, 0.29) is 0 Å². The van der Waals surface area contributed by atoms with Crippen LogP contribution in [0, 0.1) is 18.3 Å². The zero-order valence-corrected chi connectivity index (χ0v) is 15.0. The van der Waals surface area contributed by atoms with Crippen LogP contribution < -0.4 is 0 Å². The molecule has 0 aliphatic heterocycles. The minimum Gasteiger partial charge on any atom is -0.336 e. The van der Waals surface area contributed by atoms with E-state index in [1.807, 2.05) is 54.7 Å². The first-order chi connectivity index (χ1) is 12.7. The molecule has 0 N–H and O–H groups in total. The standard InChI is InChI=1S/C22H16ClN3/c1-15-20-11-19(23)8-9-21(20)26(22(15)17-7-4-10-25-13-17)14-18-6-3-2-5-16(18)12-24/h2-11,13H,14H2,1H3. The fraction of sp³-hybridized carbons (Fsp3) is 0.0909. The molecule has 0 radical (unpaired) electrons.